The summed E-state index contributed by atoms with van der Waals surface area (Å²) >= 11 is 0. The van der Waals surface area contributed by atoms with E-state index >= 15 is 0 Å². The van der Waals surface area contributed by atoms with E-state index in [1.165, 1.54) is 11.0 Å². The number of fused-ring (bicyclic) bond motifs is 1. The number of aryl methyl sites for hydroxylation is 2. The molecule has 2 amide bonds. The molecule has 2 N–H and O–H groups in total. The van der Waals surface area contributed by atoms with Crippen molar-refractivity contribution >= 4 is 22.8 Å². The van der Waals surface area contributed by atoms with Crippen molar-refractivity contribution in [1.82, 2.24) is 31.1 Å². The van der Waals surface area contributed by atoms with Crippen molar-refractivity contribution in [2.24, 2.45) is 0 Å². The van der Waals surface area contributed by atoms with Gasteiger partial charge in [-0.1, -0.05) is 12.1 Å². The molecule has 2 heterocycles. The van der Waals surface area contributed by atoms with Crippen LogP contribution in [-0.4, -0.2) is 32.0 Å². The monoisotopic (exact) mass is 390 g/mol. The average Bonchev–Trinajstić information content (AvgIpc) is 3.40. The Morgan fingerprint density at radius 2 is 1.86 bits per heavy atom. The average molecular weight is 390 g/mol. The minimum absolute atomic E-state index is 0.0913. The Morgan fingerprint density at radius 3 is 2.59 bits per heavy atom. The van der Waals surface area contributed by atoms with E-state index in [0.29, 0.717) is 11.3 Å². The van der Waals surface area contributed by atoms with Crippen LogP contribution in [0.25, 0.3) is 16.7 Å². The standard InChI is InChI=1S/C20H18N6O3/c1-12-3-8-17-15(10-29-19(17)13(12)2)9-18(27)22-23-20(28)14-4-6-16(7-5-14)26-11-21-24-25-26/h3-8,10-11H,9H2,1-2H3,(H,22,27)(H,23,28). The number of furan rings is 1. The molecule has 0 saturated carbocycles. The van der Waals surface area contributed by atoms with Gasteiger partial charge >= 0.3 is 0 Å². The number of hydrogen-bond acceptors (Lipinski definition) is 6. The number of aromatic nitrogens is 4. The third-order valence-electron chi connectivity index (χ3n) is 4.75. The summed E-state index contributed by atoms with van der Waals surface area (Å²) < 4.78 is 7.09. The fourth-order valence-electron chi connectivity index (χ4n) is 2.99. The van der Waals surface area contributed by atoms with Crippen LogP contribution in [-0.2, 0) is 11.2 Å². The Bertz CT molecular complexity index is 1180. The Balaban J connectivity index is 1.37. The normalized spacial score (nSPS) is 10.8. The molecule has 0 atom stereocenters. The lowest BCUT2D eigenvalue weighted by molar-refractivity contribution is -0.121. The van der Waals surface area contributed by atoms with Crippen LogP contribution in [0.5, 0.6) is 0 Å². The molecule has 0 unspecified atom stereocenters. The van der Waals surface area contributed by atoms with Gasteiger partial charge in [0.15, 0.2) is 0 Å². The highest BCUT2D eigenvalue weighted by Crippen LogP contribution is 2.26. The minimum atomic E-state index is -0.426. The lowest BCUT2D eigenvalue weighted by Crippen LogP contribution is -2.42. The molecule has 9 nitrogen and oxygen atoms in total. The van der Waals surface area contributed by atoms with Crippen molar-refractivity contribution in [3.8, 4) is 5.69 Å². The Labute approximate surface area is 165 Å². The van der Waals surface area contributed by atoms with Gasteiger partial charge in [-0.05, 0) is 59.7 Å². The molecule has 0 saturated heterocycles. The van der Waals surface area contributed by atoms with E-state index in [0.717, 1.165) is 27.7 Å². The molecule has 0 bridgehead atoms. The number of carbonyl (C=O) groups excluding carboxylic acids is 2. The number of hydrogen-bond donors (Lipinski definition) is 2. The summed E-state index contributed by atoms with van der Waals surface area (Å²) in [6.45, 7) is 3.99. The van der Waals surface area contributed by atoms with E-state index in [9.17, 15) is 9.59 Å². The predicted octanol–water partition coefficient (Wildman–Crippen LogP) is 2.03. The van der Waals surface area contributed by atoms with Gasteiger partial charge in [0.05, 0.1) is 18.4 Å². The van der Waals surface area contributed by atoms with Crippen LogP contribution < -0.4 is 10.9 Å². The maximum atomic E-state index is 12.3. The highest BCUT2D eigenvalue weighted by atomic mass is 16.3. The smallest absolute Gasteiger partial charge is 0.269 e. The molecule has 146 valence electrons. The molecule has 2 aromatic carbocycles. The van der Waals surface area contributed by atoms with Crippen LogP contribution in [0.1, 0.15) is 27.0 Å². The maximum Gasteiger partial charge on any atom is 0.269 e. The zero-order chi connectivity index (χ0) is 20.4. The first kappa shape index (κ1) is 18.4. The molecule has 9 heteroatoms. The number of carbonyl (C=O) groups is 2. The van der Waals surface area contributed by atoms with Gasteiger partial charge < -0.3 is 4.42 Å². The number of tetrazole rings is 1. The summed E-state index contributed by atoms with van der Waals surface area (Å²) in [4.78, 5) is 24.5. The lowest BCUT2D eigenvalue weighted by Gasteiger charge is -2.08. The second-order valence-corrected chi connectivity index (χ2v) is 6.63. The summed E-state index contributed by atoms with van der Waals surface area (Å²) in [5.41, 5.74) is 9.68. The van der Waals surface area contributed by atoms with Crippen LogP contribution >= 0.6 is 0 Å². The van der Waals surface area contributed by atoms with Crippen molar-refractivity contribution in [2.45, 2.75) is 20.3 Å². The number of benzene rings is 2. The van der Waals surface area contributed by atoms with E-state index < -0.39 is 5.91 Å². The lowest BCUT2D eigenvalue weighted by atomic mass is 10.0. The largest absolute Gasteiger partial charge is 0.464 e. The van der Waals surface area contributed by atoms with Gasteiger partial charge in [-0.2, -0.15) is 0 Å². The van der Waals surface area contributed by atoms with E-state index in [4.69, 9.17) is 4.42 Å². The Morgan fingerprint density at radius 1 is 1.07 bits per heavy atom. The summed E-state index contributed by atoms with van der Waals surface area (Å²) in [6, 6.07) is 10.6. The summed E-state index contributed by atoms with van der Waals surface area (Å²) in [5, 5.41) is 11.8. The van der Waals surface area contributed by atoms with Crippen LogP contribution in [0.2, 0.25) is 0 Å². The zero-order valence-electron chi connectivity index (χ0n) is 15.8. The number of rotatable bonds is 4. The van der Waals surface area contributed by atoms with Crippen LogP contribution in [0.3, 0.4) is 0 Å². The molecule has 0 aliphatic carbocycles. The van der Waals surface area contributed by atoms with Crippen LogP contribution in [0.4, 0.5) is 0 Å². The third kappa shape index (κ3) is 3.70. The fourth-order valence-corrected chi connectivity index (χ4v) is 2.99. The second kappa shape index (κ2) is 7.55. The first-order valence-electron chi connectivity index (χ1n) is 8.92. The zero-order valence-corrected chi connectivity index (χ0v) is 15.8. The molecule has 4 aromatic rings. The molecule has 29 heavy (non-hydrogen) atoms. The molecule has 0 spiro atoms. The number of nitrogens with one attached hydrogen (secondary N) is 2. The third-order valence-corrected chi connectivity index (χ3v) is 4.75. The summed E-state index contributed by atoms with van der Waals surface area (Å²) in [5.74, 6) is -0.769. The van der Waals surface area contributed by atoms with Gasteiger partial charge in [-0.15, -0.1) is 5.10 Å². The van der Waals surface area contributed by atoms with Crippen molar-refractivity contribution in [3.05, 3.63) is 71.2 Å². The fraction of sp³-hybridized carbons (Fsp3) is 0.150. The predicted molar refractivity (Wildman–Crippen MR) is 104 cm³/mol. The van der Waals surface area contributed by atoms with Gasteiger partial charge in [-0.3, -0.25) is 20.4 Å². The van der Waals surface area contributed by atoms with E-state index in [2.05, 4.69) is 26.4 Å². The Kier molecular flexibility index (Phi) is 4.78. The first-order valence-corrected chi connectivity index (χ1v) is 8.92. The van der Waals surface area contributed by atoms with Gasteiger partial charge in [0.2, 0.25) is 5.91 Å². The molecule has 0 aliphatic heterocycles. The molecule has 4 rings (SSSR count). The maximum absolute atomic E-state index is 12.3. The summed E-state index contributed by atoms with van der Waals surface area (Å²) in [6.07, 6.45) is 3.13. The van der Waals surface area contributed by atoms with E-state index in [-0.39, 0.29) is 12.3 Å². The number of nitrogens with zero attached hydrogens (tertiary/aromatic N) is 4. The number of amides is 2. The van der Waals surface area contributed by atoms with Gasteiger partial charge in [0.25, 0.3) is 5.91 Å². The second-order valence-electron chi connectivity index (χ2n) is 6.63. The SMILES string of the molecule is Cc1ccc2c(CC(=O)NNC(=O)c3ccc(-n4cnnn4)cc3)coc2c1C. The van der Waals surface area contributed by atoms with Gasteiger partial charge in [0, 0.05) is 16.5 Å². The van der Waals surface area contributed by atoms with Crippen LogP contribution in [0, 0.1) is 13.8 Å². The molecule has 0 radical (unpaired) electrons. The van der Waals surface area contributed by atoms with Crippen molar-refractivity contribution < 1.29 is 14.0 Å². The molecular formula is C20H18N6O3. The van der Waals surface area contributed by atoms with E-state index in [1.54, 1.807) is 30.5 Å². The van der Waals surface area contributed by atoms with E-state index in [1.807, 2.05) is 26.0 Å². The summed E-state index contributed by atoms with van der Waals surface area (Å²) in [7, 11) is 0. The highest BCUT2D eigenvalue weighted by molar-refractivity contribution is 5.96. The Hall–Kier alpha value is -4.01. The molecule has 2 aromatic heterocycles. The van der Waals surface area contributed by atoms with Gasteiger partial charge in [-0.25, -0.2) is 4.68 Å². The minimum Gasteiger partial charge on any atom is -0.464 e. The molecule has 0 fully saturated rings. The number of hydrazine groups is 1. The van der Waals surface area contributed by atoms with Crippen molar-refractivity contribution in [2.75, 3.05) is 0 Å². The van der Waals surface area contributed by atoms with Crippen LogP contribution in [0.15, 0.2) is 53.4 Å². The molecular weight excluding hydrogens is 372 g/mol. The quantitative estimate of drug-likeness (QED) is 0.515. The van der Waals surface area contributed by atoms with Gasteiger partial charge in [0.1, 0.15) is 11.9 Å². The first-order chi connectivity index (χ1) is 14.0. The van der Waals surface area contributed by atoms with Crippen molar-refractivity contribution in [1.29, 1.82) is 0 Å². The topological polar surface area (TPSA) is 115 Å². The van der Waals surface area contributed by atoms with Crippen molar-refractivity contribution in [3.63, 3.8) is 0 Å². The molecule has 0 aliphatic rings. The highest BCUT2D eigenvalue weighted by Gasteiger charge is 2.14.